The predicted octanol–water partition coefficient (Wildman–Crippen LogP) is 3.60. The van der Waals surface area contributed by atoms with Gasteiger partial charge in [0.25, 0.3) is 5.89 Å². The van der Waals surface area contributed by atoms with Crippen LogP contribution >= 0.6 is 0 Å². The van der Waals surface area contributed by atoms with Gasteiger partial charge < -0.3 is 10.3 Å². The SMILES string of the molecule is Cc1ccc(-c2nc(-c3ccccc3N)no2)c(C)c1. The van der Waals surface area contributed by atoms with Crippen molar-refractivity contribution in [2.75, 3.05) is 5.73 Å². The molecule has 4 heteroatoms. The Morgan fingerprint density at radius 3 is 2.55 bits per heavy atom. The van der Waals surface area contributed by atoms with Crippen LogP contribution < -0.4 is 5.73 Å². The Hall–Kier alpha value is -2.62. The minimum atomic E-state index is 0.512. The summed E-state index contributed by atoms with van der Waals surface area (Å²) in [5.41, 5.74) is 10.6. The lowest BCUT2D eigenvalue weighted by molar-refractivity contribution is 0.432. The summed E-state index contributed by atoms with van der Waals surface area (Å²) in [5, 5.41) is 4.02. The fourth-order valence-corrected chi connectivity index (χ4v) is 2.20. The molecule has 0 bridgehead atoms. The van der Waals surface area contributed by atoms with Crippen LogP contribution in [0, 0.1) is 13.8 Å². The molecule has 2 aromatic carbocycles. The molecule has 20 heavy (non-hydrogen) atoms. The Bertz CT molecular complexity index is 762. The number of benzene rings is 2. The second-order valence-corrected chi connectivity index (χ2v) is 4.83. The molecule has 0 fully saturated rings. The molecule has 0 unspecified atom stereocenters. The van der Waals surface area contributed by atoms with Crippen molar-refractivity contribution >= 4 is 5.69 Å². The van der Waals surface area contributed by atoms with Gasteiger partial charge in [0, 0.05) is 16.8 Å². The van der Waals surface area contributed by atoms with E-state index >= 15 is 0 Å². The highest BCUT2D eigenvalue weighted by Crippen LogP contribution is 2.27. The summed E-state index contributed by atoms with van der Waals surface area (Å²) in [6.07, 6.45) is 0. The van der Waals surface area contributed by atoms with Crippen LogP contribution in [-0.4, -0.2) is 10.1 Å². The molecule has 1 heterocycles. The third-order valence-electron chi connectivity index (χ3n) is 3.24. The van der Waals surface area contributed by atoms with Crippen LogP contribution in [0.1, 0.15) is 11.1 Å². The number of hydrogen-bond donors (Lipinski definition) is 1. The van der Waals surface area contributed by atoms with E-state index in [0.717, 1.165) is 16.7 Å². The molecule has 100 valence electrons. The molecule has 0 atom stereocenters. The van der Waals surface area contributed by atoms with Gasteiger partial charge in [-0.25, -0.2) is 0 Å². The largest absolute Gasteiger partial charge is 0.398 e. The minimum Gasteiger partial charge on any atom is -0.398 e. The molecule has 0 spiro atoms. The number of nitrogens with zero attached hydrogens (tertiary/aromatic N) is 2. The zero-order valence-corrected chi connectivity index (χ0v) is 11.4. The van der Waals surface area contributed by atoms with Crippen LogP contribution in [0.4, 0.5) is 5.69 Å². The van der Waals surface area contributed by atoms with Crippen LogP contribution in [0.25, 0.3) is 22.8 Å². The van der Waals surface area contributed by atoms with Crippen molar-refractivity contribution in [2.24, 2.45) is 0 Å². The molecule has 0 radical (unpaired) electrons. The molecule has 3 rings (SSSR count). The second kappa shape index (κ2) is 4.81. The van der Waals surface area contributed by atoms with Crippen molar-refractivity contribution < 1.29 is 4.52 Å². The molecular weight excluding hydrogens is 250 g/mol. The van der Waals surface area contributed by atoms with Gasteiger partial charge in [-0.3, -0.25) is 0 Å². The summed E-state index contributed by atoms with van der Waals surface area (Å²) in [6, 6.07) is 13.6. The Kier molecular flexibility index (Phi) is 2.99. The van der Waals surface area contributed by atoms with Gasteiger partial charge >= 0.3 is 0 Å². The minimum absolute atomic E-state index is 0.512. The molecule has 0 saturated carbocycles. The van der Waals surface area contributed by atoms with Gasteiger partial charge in [-0.2, -0.15) is 4.98 Å². The number of aromatic nitrogens is 2. The first-order chi connectivity index (χ1) is 9.65. The topological polar surface area (TPSA) is 64.9 Å². The second-order valence-electron chi connectivity index (χ2n) is 4.83. The van der Waals surface area contributed by atoms with E-state index in [4.69, 9.17) is 10.3 Å². The van der Waals surface area contributed by atoms with E-state index in [9.17, 15) is 0 Å². The third kappa shape index (κ3) is 2.16. The van der Waals surface area contributed by atoms with E-state index in [-0.39, 0.29) is 0 Å². The van der Waals surface area contributed by atoms with E-state index in [1.165, 1.54) is 5.56 Å². The standard InChI is InChI=1S/C16H15N3O/c1-10-7-8-12(11(2)9-10)16-18-15(19-20-16)13-5-3-4-6-14(13)17/h3-9H,17H2,1-2H3. The lowest BCUT2D eigenvalue weighted by atomic mass is 10.1. The fourth-order valence-electron chi connectivity index (χ4n) is 2.20. The summed E-state index contributed by atoms with van der Waals surface area (Å²) in [6.45, 7) is 4.09. The molecule has 1 aromatic heterocycles. The van der Waals surface area contributed by atoms with Gasteiger partial charge in [0.15, 0.2) is 0 Å². The molecule has 0 saturated heterocycles. The van der Waals surface area contributed by atoms with Crippen molar-refractivity contribution in [1.29, 1.82) is 0 Å². The summed E-state index contributed by atoms with van der Waals surface area (Å²) in [4.78, 5) is 4.44. The van der Waals surface area contributed by atoms with Crippen LogP contribution in [0.5, 0.6) is 0 Å². The average Bonchev–Trinajstić information content (AvgIpc) is 2.88. The highest BCUT2D eigenvalue weighted by molar-refractivity contribution is 5.72. The number of hydrogen-bond acceptors (Lipinski definition) is 4. The van der Waals surface area contributed by atoms with Crippen LogP contribution in [0.15, 0.2) is 47.0 Å². The first-order valence-corrected chi connectivity index (χ1v) is 6.41. The van der Waals surface area contributed by atoms with Gasteiger partial charge in [0.2, 0.25) is 5.82 Å². The van der Waals surface area contributed by atoms with E-state index in [1.807, 2.05) is 43.3 Å². The number of rotatable bonds is 2. The monoisotopic (exact) mass is 265 g/mol. The Morgan fingerprint density at radius 1 is 1.00 bits per heavy atom. The molecule has 2 N–H and O–H groups in total. The van der Waals surface area contributed by atoms with E-state index in [1.54, 1.807) is 0 Å². The molecule has 0 aliphatic heterocycles. The van der Waals surface area contributed by atoms with Crippen LogP contribution in [-0.2, 0) is 0 Å². The summed E-state index contributed by atoms with van der Waals surface area (Å²) >= 11 is 0. The normalized spacial score (nSPS) is 10.7. The van der Waals surface area contributed by atoms with Gasteiger partial charge in [0.05, 0.1) is 0 Å². The fraction of sp³-hybridized carbons (Fsp3) is 0.125. The third-order valence-corrected chi connectivity index (χ3v) is 3.24. The van der Waals surface area contributed by atoms with Crippen molar-refractivity contribution in [1.82, 2.24) is 10.1 Å². The van der Waals surface area contributed by atoms with E-state index < -0.39 is 0 Å². The molecule has 0 aliphatic carbocycles. The Morgan fingerprint density at radius 2 is 1.80 bits per heavy atom. The number of para-hydroxylation sites is 1. The van der Waals surface area contributed by atoms with Crippen molar-refractivity contribution in [3.05, 3.63) is 53.6 Å². The predicted molar refractivity (Wildman–Crippen MR) is 79.1 cm³/mol. The molecule has 3 aromatic rings. The van der Waals surface area contributed by atoms with Gasteiger partial charge in [-0.15, -0.1) is 0 Å². The molecule has 0 amide bonds. The first-order valence-electron chi connectivity index (χ1n) is 6.41. The maximum Gasteiger partial charge on any atom is 0.258 e. The lowest BCUT2D eigenvalue weighted by Crippen LogP contribution is -1.90. The smallest absolute Gasteiger partial charge is 0.258 e. The number of anilines is 1. The van der Waals surface area contributed by atoms with Crippen molar-refractivity contribution in [3.63, 3.8) is 0 Å². The van der Waals surface area contributed by atoms with Gasteiger partial charge in [0.1, 0.15) is 0 Å². The average molecular weight is 265 g/mol. The van der Waals surface area contributed by atoms with Crippen LogP contribution in [0.2, 0.25) is 0 Å². The molecular formula is C16H15N3O. The zero-order chi connectivity index (χ0) is 14.1. The summed E-state index contributed by atoms with van der Waals surface area (Å²) in [5.74, 6) is 1.03. The first kappa shape index (κ1) is 12.4. The van der Waals surface area contributed by atoms with Crippen molar-refractivity contribution in [2.45, 2.75) is 13.8 Å². The van der Waals surface area contributed by atoms with E-state index in [0.29, 0.717) is 17.4 Å². The summed E-state index contributed by atoms with van der Waals surface area (Å²) in [7, 11) is 0. The van der Waals surface area contributed by atoms with Gasteiger partial charge in [-0.05, 0) is 37.6 Å². The summed E-state index contributed by atoms with van der Waals surface area (Å²) < 4.78 is 5.36. The zero-order valence-electron chi connectivity index (χ0n) is 11.4. The quantitative estimate of drug-likeness (QED) is 0.719. The Balaban J connectivity index is 2.04. The van der Waals surface area contributed by atoms with Crippen LogP contribution in [0.3, 0.4) is 0 Å². The lowest BCUT2D eigenvalue weighted by Gasteiger charge is -2.01. The van der Waals surface area contributed by atoms with E-state index in [2.05, 4.69) is 23.1 Å². The molecule has 4 nitrogen and oxygen atoms in total. The highest BCUT2D eigenvalue weighted by Gasteiger charge is 2.13. The number of nitrogen functional groups attached to an aromatic ring is 1. The van der Waals surface area contributed by atoms with Crippen molar-refractivity contribution in [3.8, 4) is 22.8 Å². The highest BCUT2D eigenvalue weighted by atomic mass is 16.5. The maximum absolute atomic E-state index is 5.93. The number of nitrogens with two attached hydrogens (primary N) is 1. The maximum atomic E-state index is 5.93. The Labute approximate surface area is 117 Å². The molecule has 0 aliphatic rings. The number of aryl methyl sites for hydroxylation is 2. The van der Waals surface area contributed by atoms with Gasteiger partial charge in [-0.1, -0.05) is 35.0 Å².